The number of amides is 1. The summed E-state index contributed by atoms with van der Waals surface area (Å²) < 4.78 is 27.6. The van der Waals surface area contributed by atoms with Crippen LogP contribution in [0.1, 0.15) is 18.4 Å². The summed E-state index contributed by atoms with van der Waals surface area (Å²) in [6, 6.07) is 16.3. The molecule has 0 spiro atoms. The van der Waals surface area contributed by atoms with Gasteiger partial charge in [0.05, 0.1) is 4.90 Å². The molecule has 1 aliphatic rings. The van der Waals surface area contributed by atoms with Crippen LogP contribution in [0.25, 0.3) is 11.1 Å². The minimum absolute atomic E-state index is 0.0294. The molecule has 3 aromatic rings. The van der Waals surface area contributed by atoms with Gasteiger partial charge in [0.2, 0.25) is 15.9 Å². The van der Waals surface area contributed by atoms with Crippen LogP contribution in [-0.2, 0) is 26.0 Å². The molecule has 0 saturated carbocycles. The Bertz CT molecular complexity index is 1410. The smallest absolute Gasteiger partial charge is 0.326 e. The maximum absolute atomic E-state index is 13.2. The highest BCUT2D eigenvalue weighted by Crippen LogP contribution is 2.30. The number of nitrogens with two attached hydrogens (primary N) is 1. The number of anilines is 1. The standard InChI is InChI=1S/C26H25Cl2N3O5S/c27-19-13-20(28)15-22(14-19)37(35,36)31-10-2-5-24(31)25(32)30-23(26(33)34)11-16-6-8-17(9-7-16)18-3-1-4-21(29)12-18/h1,3-4,6-9,12-15,23-24H,2,5,10-11,29H2,(H,30,32)(H,33,34)/t23-,24-/m0/s1. The second-order valence-corrected chi connectivity index (χ2v) is 11.6. The number of nitrogens with zero attached hydrogens (tertiary/aromatic N) is 1. The fraction of sp³-hybridized carbons (Fsp3) is 0.231. The molecular weight excluding hydrogens is 537 g/mol. The van der Waals surface area contributed by atoms with Gasteiger partial charge < -0.3 is 16.2 Å². The maximum Gasteiger partial charge on any atom is 0.326 e. The predicted molar refractivity (Wildman–Crippen MR) is 143 cm³/mol. The van der Waals surface area contributed by atoms with Gasteiger partial charge in [-0.3, -0.25) is 4.79 Å². The van der Waals surface area contributed by atoms with E-state index in [1.165, 1.54) is 18.2 Å². The first-order valence-electron chi connectivity index (χ1n) is 11.5. The highest BCUT2D eigenvalue weighted by molar-refractivity contribution is 7.89. The van der Waals surface area contributed by atoms with Crippen LogP contribution in [0.3, 0.4) is 0 Å². The van der Waals surface area contributed by atoms with Gasteiger partial charge in [0.15, 0.2) is 0 Å². The van der Waals surface area contributed by atoms with E-state index in [0.717, 1.165) is 15.4 Å². The Kier molecular flexibility index (Phi) is 8.08. The summed E-state index contributed by atoms with van der Waals surface area (Å²) in [6.07, 6.45) is 0.747. The van der Waals surface area contributed by atoms with Crippen LogP contribution in [0.4, 0.5) is 5.69 Å². The molecule has 0 bridgehead atoms. The van der Waals surface area contributed by atoms with Crippen molar-refractivity contribution in [1.82, 2.24) is 9.62 Å². The summed E-state index contributed by atoms with van der Waals surface area (Å²) in [4.78, 5) is 24.9. The van der Waals surface area contributed by atoms with E-state index in [-0.39, 0.29) is 34.3 Å². The third kappa shape index (κ3) is 6.24. The zero-order valence-corrected chi connectivity index (χ0v) is 21.9. The van der Waals surface area contributed by atoms with Gasteiger partial charge in [-0.05, 0) is 59.9 Å². The molecule has 0 unspecified atom stereocenters. The number of carboxylic acids is 1. The lowest BCUT2D eigenvalue weighted by atomic mass is 10.00. The average Bonchev–Trinajstić information content (AvgIpc) is 3.35. The van der Waals surface area contributed by atoms with E-state index in [9.17, 15) is 23.1 Å². The van der Waals surface area contributed by atoms with Crippen molar-refractivity contribution in [2.24, 2.45) is 0 Å². The normalized spacial score (nSPS) is 16.9. The fourth-order valence-electron chi connectivity index (χ4n) is 4.36. The van der Waals surface area contributed by atoms with Crippen molar-refractivity contribution in [2.45, 2.75) is 36.2 Å². The minimum atomic E-state index is -4.08. The lowest BCUT2D eigenvalue weighted by Gasteiger charge is -2.25. The van der Waals surface area contributed by atoms with Crippen LogP contribution in [0.5, 0.6) is 0 Å². The molecule has 1 aliphatic heterocycles. The highest BCUT2D eigenvalue weighted by Gasteiger charge is 2.40. The Hall–Kier alpha value is -3.11. The van der Waals surface area contributed by atoms with Gasteiger partial charge in [0.1, 0.15) is 12.1 Å². The summed E-state index contributed by atoms with van der Waals surface area (Å²) in [5.41, 5.74) is 9.03. The molecule has 4 rings (SSSR count). The van der Waals surface area contributed by atoms with Crippen molar-refractivity contribution >= 4 is 50.8 Å². The summed E-state index contributed by atoms with van der Waals surface area (Å²) in [6.45, 7) is 0.119. The third-order valence-electron chi connectivity index (χ3n) is 6.18. The quantitative estimate of drug-likeness (QED) is 0.353. The van der Waals surface area contributed by atoms with E-state index in [1.807, 2.05) is 30.3 Å². The van der Waals surface area contributed by atoms with Gasteiger partial charge in [-0.2, -0.15) is 4.31 Å². The van der Waals surface area contributed by atoms with Crippen LogP contribution in [-0.4, -0.2) is 48.3 Å². The molecule has 1 heterocycles. The van der Waals surface area contributed by atoms with Gasteiger partial charge >= 0.3 is 5.97 Å². The summed E-state index contributed by atoms with van der Waals surface area (Å²) in [5, 5.41) is 12.6. The number of aliphatic carboxylic acids is 1. The first-order chi connectivity index (χ1) is 17.5. The monoisotopic (exact) mass is 561 g/mol. The molecule has 194 valence electrons. The van der Waals surface area contributed by atoms with Gasteiger partial charge in [-0.15, -0.1) is 0 Å². The minimum Gasteiger partial charge on any atom is -0.480 e. The number of carbonyl (C=O) groups is 2. The molecule has 1 amide bonds. The van der Waals surface area contributed by atoms with Gasteiger partial charge in [0.25, 0.3) is 0 Å². The third-order valence-corrected chi connectivity index (χ3v) is 8.50. The van der Waals surface area contributed by atoms with Crippen molar-refractivity contribution in [3.8, 4) is 11.1 Å². The zero-order valence-electron chi connectivity index (χ0n) is 19.6. The Balaban J connectivity index is 1.48. The van der Waals surface area contributed by atoms with E-state index >= 15 is 0 Å². The van der Waals surface area contributed by atoms with Crippen LogP contribution >= 0.6 is 23.2 Å². The number of sulfonamides is 1. The number of carbonyl (C=O) groups excluding carboxylic acids is 1. The predicted octanol–water partition coefficient (Wildman–Crippen LogP) is 4.21. The van der Waals surface area contributed by atoms with Crippen molar-refractivity contribution in [3.05, 3.63) is 82.3 Å². The molecule has 1 saturated heterocycles. The largest absolute Gasteiger partial charge is 0.480 e. The molecule has 11 heteroatoms. The number of hydrogen-bond acceptors (Lipinski definition) is 5. The Morgan fingerprint density at radius 3 is 2.32 bits per heavy atom. The number of hydrogen-bond donors (Lipinski definition) is 3. The van der Waals surface area contributed by atoms with Crippen molar-refractivity contribution in [1.29, 1.82) is 0 Å². The lowest BCUT2D eigenvalue weighted by Crippen LogP contribution is -2.51. The Morgan fingerprint density at radius 1 is 1.03 bits per heavy atom. The van der Waals surface area contributed by atoms with Crippen LogP contribution < -0.4 is 11.1 Å². The molecule has 0 aromatic heterocycles. The Morgan fingerprint density at radius 2 is 1.70 bits per heavy atom. The molecule has 37 heavy (non-hydrogen) atoms. The molecule has 0 radical (unpaired) electrons. The highest BCUT2D eigenvalue weighted by atomic mass is 35.5. The molecule has 1 fully saturated rings. The van der Waals surface area contributed by atoms with Gasteiger partial charge in [0, 0.05) is 28.7 Å². The van der Waals surface area contributed by atoms with Crippen LogP contribution in [0, 0.1) is 0 Å². The van der Waals surface area contributed by atoms with E-state index in [0.29, 0.717) is 17.7 Å². The Labute approximate surface area is 225 Å². The van der Waals surface area contributed by atoms with Crippen LogP contribution in [0.15, 0.2) is 71.6 Å². The molecular formula is C26H25Cl2N3O5S. The summed E-state index contributed by atoms with van der Waals surface area (Å²) in [7, 11) is -4.08. The van der Waals surface area contributed by atoms with Crippen molar-refractivity contribution < 1.29 is 23.1 Å². The lowest BCUT2D eigenvalue weighted by molar-refractivity contribution is -0.142. The number of carboxylic acid groups (broad SMARTS) is 1. The molecule has 0 aliphatic carbocycles. The molecule has 2 atom stereocenters. The first-order valence-corrected chi connectivity index (χ1v) is 13.7. The maximum atomic E-state index is 13.2. The average molecular weight is 562 g/mol. The number of halogens is 2. The second kappa shape index (κ2) is 11.1. The number of rotatable bonds is 8. The first kappa shape index (κ1) is 26.9. The topological polar surface area (TPSA) is 130 Å². The number of benzene rings is 3. The summed E-state index contributed by atoms with van der Waals surface area (Å²) in [5.74, 6) is -1.89. The van der Waals surface area contributed by atoms with Gasteiger partial charge in [-0.25, -0.2) is 13.2 Å². The van der Waals surface area contributed by atoms with Crippen LogP contribution in [0.2, 0.25) is 10.0 Å². The number of nitrogens with one attached hydrogen (secondary N) is 1. The van der Waals surface area contributed by atoms with Gasteiger partial charge in [-0.1, -0.05) is 59.6 Å². The molecule has 8 nitrogen and oxygen atoms in total. The van der Waals surface area contributed by atoms with E-state index in [2.05, 4.69) is 5.32 Å². The SMILES string of the molecule is Nc1cccc(-c2ccc(C[C@H](NC(=O)[C@@H]3CCCN3S(=O)(=O)c3cc(Cl)cc(Cl)c3)C(=O)O)cc2)c1. The number of nitrogen functional groups attached to an aromatic ring is 1. The van der Waals surface area contributed by atoms with E-state index in [4.69, 9.17) is 28.9 Å². The molecule has 4 N–H and O–H groups in total. The summed E-state index contributed by atoms with van der Waals surface area (Å²) >= 11 is 12.0. The van der Waals surface area contributed by atoms with E-state index < -0.39 is 34.0 Å². The van der Waals surface area contributed by atoms with E-state index in [1.54, 1.807) is 18.2 Å². The fourth-order valence-corrected chi connectivity index (χ4v) is 6.74. The zero-order chi connectivity index (χ0) is 26.7. The van der Waals surface area contributed by atoms with Crippen molar-refractivity contribution in [2.75, 3.05) is 12.3 Å². The van der Waals surface area contributed by atoms with Crippen molar-refractivity contribution in [3.63, 3.8) is 0 Å². The molecule has 3 aromatic carbocycles. The second-order valence-electron chi connectivity index (χ2n) is 8.80.